The number of nitrogens with zero attached hydrogens (tertiary/aromatic N) is 2. The maximum absolute atomic E-state index is 14.7. The molecular weight excluding hydrogens is 545 g/mol. The number of hydrogen-bond donors (Lipinski definition) is 1. The molecule has 1 N–H and O–H groups in total. The Kier molecular flexibility index (Phi) is 10.9. The van der Waals surface area contributed by atoms with Crippen molar-refractivity contribution in [3.05, 3.63) is 89.7 Å². The minimum Gasteiger partial charge on any atom is -0.494 e. The Morgan fingerprint density at radius 2 is 1.59 bits per heavy atom. The zero-order valence-electron chi connectivity index (χ0n) is 24.1. The van der Waals surface area contributed by atoms with Gasteiger partial charge < -0.3 is 15.0 Å². The van der Waals surface area contributed by atoms with Crippen molar-refractivity contribution in [1.29, 1.82) is 0 Å². The Morgan fingerprint density at radius 1 is 0.951 bits per heavy atom. The Bertz CT molecular complexity index is 1430. The third-order valence-electron chi connectivity index (χ3n) is 6.79. The summed E-state index contributed by atoms with van der Waals surface area (Å²) in [4.78, 5) is 28.3. The molecule has 0 saturated heterocycles. The topological polar surface area (TPSA) is 96.0 Å². The molecule has 0 aliphatic heterocycles. The van der Waals surface area contributed by atoms with Crippen LogP contribution in [0.3, 0.4) is 0 Å². The third kappa shape index (κ3) is 8.07. The van der Waals surface area contributed by atoms with Crippen molar-refractivity contribution in [3.8, 4) is 5.75 Å². The minimum atomic E-state index is -4.20. The molecule has 0 heterocycles. The lowest BCUT2D eigenvalue weighted by Crippen LogP contribution is -2.52. The van der Waals surface area contributed by atoms with Crippen LogP contribution in [0.2, 0.25) is 0 Å². The van der Waals surface area contributed by atoms with Gasteiger partial charge in [-0.15, -0.1) is 0 Å². The van der Waals surface area contributed by atoms with Crippen LogP contribution in [-0.4, -0.2) is 50.4 Å². The van der Waals surface area contributed by atoms with Gasteiger partial charge in [0, 0.05) is 18.2 Å². The molecule has 2 amide bonds. The number of anilines is 1. The van der Waals surface area contributed by atoms with Crippen LogP contribution in [0.1, 0.15) is 45.2 Å². The SMILES string of the molecule is CCOc1ccc(N(CC(=O)N(Cc2ccccc2F)[C@H](C)C(=O)N[C@H](C)CC)S(=O)(=O)c2ccc(C)cc2)cc1. The first-order valence-electron chi connectivity index (χ1n) is 13.6. The lowest BCUT2D eigenvalue weighted by molar-refractivity contribution is -0.139. The van der Waals surface area contributed by atoms with Gasteiger partial charge in [-0.2, -0.15) is 0 Å². The van der Waals surface area contributed by atoms with Crippen molar-refractivity contribution in [2.75, 3.05) is 17.5 Å². The van der Waals surface area contributed by atoms with E-state index in [0.717, 1.165) is 9.87 Å². The molecule has 0 saturated carbocycles. The standard InChI is InChI=1S/C31H38FN3O5S/c1-6-23(4)33-31(37)24(5)34(20-25-10-8-9-11-29(25)32)30(36)21-35(26-14-16-27(17-15-26)40-7-2)41(38,39)28-18-12-22(3)13-19-28/h8-19,23-24H,6-7,20-21H2,1-5H3,(H,33,37)/t23-,24-/m1/s1. The van der Waals surface area contributed by atoms with E-state index >= 15 is 0 Å². The van der Waals surface area contributed by atoms with E-state index in [0.29, 0.717) is 18.8 Å². The van der Waals surface area contributed by atoms with E-state index in [1.807, 2.05) is 27.7 Å². The van der Waals surface area contributed by atoms with Gasteiger partial charge in [-0.3, -0.25) is 13.9 Å². The molecule has 0 spiro atoms. The minimum absolute atomic E-state index is 0.00741. The maximum Gasteiger partial charge on any atom is 0.264 e. The summed E-state index contributed by atoms with van der Waals surface area (Å²) in [5.41, 5.74) is 1.33. The van der Waals surface area contributed by atoms with Gasteiger partial charge in [0.15, 0.2) is 0 Å². The van der Waals surface area contributed by atoms with Gasteiger partial charge in [-0.05, 0) is 76.6 Å². The average Bonchev–Trinajstić information content (AvgIpc) is 2.95. The van der Waals surface area contributed by atoms with Gasteiger partial charge in [0.1, 0.15) is 24.2 Å². The zero-order valence-corrected chi connectivity index (χ0v) is 24.9. The molecule has 0 fully saturated rings. The summed E-state index contributed by atoms with van der Waals surface area (Å²) in [6, 6.07) is 17.5. The molecule has 2 atom stereocenters. The smallest absolute Gasteiger partial charge is 0.264 e. The van der Waals surface area contributed by atoms with E-state index in [1.165, 1.54) is 35.2 Å². The molecule has 3 aromatic carbocycles. The summed E-state index contributed by atoms with van der Waals surface area (Å²) >= 11 is 0. The number of ether oxygens (including phenoxy) is 1. The summed E-state index contributed by atoms with van der Waals surface area (Å²) in [6.45, 7) is 8.59. The third-order valence-corrected chi connectivity index (χ3v) is 8.58. The maximum atomic E-state index is 14.7. The molecule has 0 bridgehead atoms. The lowest BCUT2D eigenvalue weighted by atomic mass is 10.1. The van der Waals surface area contributed by atoms with E-state index in [-0.39, 0.29) is 28.7 Å². The summed E-state index contributed by atoms with van der Waals surface area (Å²) in [5.74, 6) is -1.06. The van der Waals surface area contributed by atoms with Gasteiger partial charge in [-0.25, -0.2) is 12.8 Å². The molecule has 41 heavy (non-hydrogen) atoms. The molecule has 220 valence electrons. The van der Waals surface area contributed by atoms with Crippen LogP contribution >= 0.6 is 0 Å². The van der Waals surface area contributed by atoms with Gasteiger partial charge in [-0.1, -0.05) is 42.8 Å². The van der Waals surface area contributed by atoms with Crippen LogP contribution in [0.5, 0.6) is 5.75 Å². The largest absolute Gasteiger partial charge is 0.494 e. The predicted octanol–water partition coefficient (Wildman–Crippen LogP) is 5.06. The second-order valence-electron chi connectivity index (χ2n) is 9.86. The summed E-state index contributed by atoms with van der Waals surface area (Å²) in [5, 5.41) is 2.86. The van der Waals surface area contributed by atoms with Gasteiger partial charge in [0.25, 0.3) is 10.0 Å². The number of nitrogens with one attached hydrogen (secondary N) is 1. The summed E-state index contributed by atoms with van der Waals surface area (Å²) in [7, 11) is -4.20. The van der Waals surface area contributed by atoms with Crippen LogP contribution in [0.15, 0.2) is 77.7 Å². The molecule has 0 aromatic heterocycles. The fraction of sp³-hybridized carbons (Fsp3) is 0.355. The first kappa shape index (κ1) is 31.6. The fourth-order valence-electron chi connectivity index (χ4n) is 4.10. The number of rotatable bonds is 13. The number of hydrogen-bond acceptors (Lipinski definition) is 5. The van der Waals surface area contributed by atoms with E-state index < -0.39 is 40.2 Å². The number of aryl methyl sites for hydroxylation is 1. The Morgan fingerprint density at radius 3 is 2.17 bits per heavy atom. The molecule has 3 aromatic rings. The second kappa shape index (κ2) is 14.1. The molecule has 10 heteroatoms. The number of halogens is 1. The summed E-state index contributed by atoms with van der Waals surface area (Å²) in [6.07, 6.45) is 0.681. The zero-order chi connectivity index (χ0) is 30.2. The molecular formula is C31H38FN3O5S. The highest BCUT2D eigenvalue weighted by Crippen LogP contribution is 2.27. The number of sulfonamides is 1. The van der Waals surface area contributed by atoms with E-state index in [9.17, 15) is 22.4 Å². The van der Waals surface area contributed by atoms with Crippen LogP contribution < -0.4 is 14.4 Å². The molecule has 3 rings (SSSR count). The van der Waals surface area contributed by atoms with Crippen molar-refractivity contribution in [2.24, 2.45) is 0 Å². The lowest BCUT2D eigenvalue weighted by Gasteiger charge is -2.32. The first-order chi connectivity index (χ1) is 19.5. The van der Waals surface area contributed by atoms with E-state index in [2.05, 4.69) is 5.32 Å². The molecule has 0 radical (unpaired) electrons. The van der Waals surface area contributed by atoms with Crippen LogP contribution in [0, 0.1) is 12.7 Å². The normalized spacial score (nSPS) is 12.7. The fourth-order valence-corrected chi connectivity index (χ4v) is 5.51. The van der Waals surface area contributed by atoms with Crippen LogP contribution in [-0.2, 0) is 26.2 Å². The van der Waals surface area contributed by atoms with Crippen molar-refractivity contribution < 1.29 is 27.1 Å². The first-order valence-corrected chi connectivity index (χ1v) is 15.1. The number of carbonyl (C=O) groups excluding carboxylic acids is 2. The van der Waals surface area contributed by atoms with Crippen LogP contribution in [0.25, 0.3) is 0 Å². The molecule has 0 aliphatic rings. The highest BCUT2D eigenvalue weighted by Gasteiger charge is 2.33. The monoisotopic (exact) mass is 583 g/mol. The number of benzene rings is 3. The van der Waals surface area contributed by atoms with E-state index in [1.54, 1.807) is 49.4 Å². The number of carbonyl (C=O) groups is 2. The average molecular weight is 584 g/mol. The summed E-state index contributed by atoms with van der Waals surface area (Å²) < 4.78 is 49.0. The van der Waals surface area contributed by atoms with Crippen molar-refractivity contribution >= 4 is 27.5 Å². The van der Waals surface area contributed by atoms with Crippen molar-refractivity contribution in [1.82, 2.24) is 10.2 Å². The Hall–Kier alpha value is -3.92. The van der Waals surface area contributed by atoms with Gasteiger partial charge in [0.2, 0.25) is 11.8 Å². The van der Waals surface area contributed by atoms with Crippen molar-refractivity contribution in [2.45, 2.75) is 64.6 Å². The second-order valence-corrected chi connectivity index (χ2v) is 11.7. The quantitative estimate of drug-likeness (QED) is 0.304. The Balaban J connectivity index is 2.04. The molecule has 8 nitrogen and oxygen atoms in total. The Labute approximate surface area is 242 Å². The molecule has 0 unspecified atom stereocenters. The molecule has 0 aliphatic carbocycles. The highest BCUT2D eigenvalue weighted by atomic mass is 32.2. The van der Waals surface area contributed by atoms with Gasteiger partial charge >= 0.3 is 0 Å². The number of amides is 2. The van der Waals surface area contributed by atoms with Gasteiger partial charge in [0.05, 0.1) is 17.2 Å². The van der Waals surface area contributed by atoms with Crippen molar-refractivity contribution in [3.63, 3.8) is 0 Å². The van der Waals surface area contributed by atoms with E-state index in [4.69, 9.17) is 4.74 Å². The highest BCUT2D eigenvalue weighted by molar-refractivity contribution is 7.92. The predicted molar refractivity (Wildman–Crippen MR) is 158 cm³/mol. The van der Waals surface area contributed by atoms with Crippen LogP contribution in [0.4, 0.5) is 10.1 Å².